The maximum absolute atomic E-state index is 12.4. The molecule has 0 N–H and O–H groups in total. The molecule has 0 fully saturated rings. The van der Waals surface area contributed by atoms with Crippen molar-refractivity contribution in [2.45, 2.75) is 25.1 Å². The van der Waals surface area contributed by atoms with Crippen molar-refractivity contribution in [2.24, 2.45) is 0 Å². The molecule has 108 valence electrons. The van der Waals surface area contributed by atoms with Gasteiger partial charge < -0.3 is 4.18 Å². The van der Waals surface area contributed by atoms with Crippen molar-refractivity contribution >= 4 is 46.0 Å². The third-order valence-electron chi connectivity index (χ3n) is 2.25. The van der Waals surface area contributed by atoms with E-state index in [1.54, 1.807) is 34.7 Å². The van der Waals surface area contributed by atoms with Gasteiger partial charge in [0, 0.05) is 0 Å². The van der Waals surface area contributed by atoms with Gasteiger partial charge in [0.25, 0.3) is 0 Å². The summed E-state index contributed by atoms with van der Waals surface area (Å²) in [6.45, 7) is 5.68. The molecule has 0 radical (unpaired) electrons. The van der Waals surface area contributed by atoms with Gasteiger partial charge in [0.1, 0.15) is 0 Å². The van der Waals surface area contributed by atoms with Crippen molar-refractivity contribution in [3.05, 3.63) is 21.8 Å². The van der Waals surface area contributed by atoms with E-state index in [0.29, 0.717) is 8.76 Å². The molecule has 1 rings (SSSR count). The number of para-hydroxylation sites is 1. The molecule has 0 bridgehead atoms. The molecule has 0 heterocycles. The van der Waals surface area contributed by atoms with Crippen LogP contribution in [0.2, 0.25) is 19.6 Å². The van der Waals surface area contributed by atoms with Crippen molar-refractivity contribution in [3.8, 4) is 5.75 Å². The molecule has 3 nitrogen and oxygen atoms in total. The summed E-state index contributed by atoms with van der Waals surface area (Å²) in [6.07, 6.45) is 0. The van der Waals surface area contributed by atoms with Crippen molar-refractivity contribution in [1.82, 2.24) is 0 Å². The third-order valence-corrected chi connectivity index (χ3v) is 6.06. The Balaban J connectivity index is 3.38. The first-order valence-corrected chi connectivity index (χ1v) is 11.1. The first-order valence-electron chi connectivity index (χ1n) is 5.16. The minimum atomic E-state index is -5.64. The topological polar surface area (TPSA) is 43.4 Å². The summed E-state index contributed by atoms with van der Waals surface area (Å²) in [5, 5.41) is 0.534. The second-order valence-corrected chi connectivity index (χ2v) is 12.6. The van der Waals surface area contributed by atoms with Crippen LogP contribution in [0.3, 0.4) is 0 Å². The predicted octanol–water partition coefficient (Wildman–Crippen LogP) is 3.06. The standard InChI is InChI=1S/C10H12F3IO3SSi/c1-19(2,3)8-6-4-5-7(14)9(8)17-18(15,16)10(11,12)13/h4-6H,1-3H3. The molecule has 0 aliphatic carbocycles. The normalized spacial score (nSPS) is 13.4. The minimum absolute atomic E-state index is 0.209. The van der Waals surface area contributed by atoms with E-state index in [9.17, 15) is 21.6 Å². The fourth-order valence-corrected chi connectivity index (χ4v) is 4.38. The molecule has 0 aromatic heterocycles. The second-order valence-electron chi connectivity index (χ2n) is 4.85. The molecular weight excluding hydrogens is 412 g/mol. The molecule has 0 saturated heterocycles. The van der Waals surface area contributed by atoms with E-state index in [0.717, 1.165) is 0 Å². The Kier molecular flexibility index (Phi) is 4.62. The molecule has 1 aromatic carbocycles. The third kappa shape index (κ3) is 3.84. The Morgan fingerprint density at radius 2 is 1.74 bits per heavy atom. The van der Waals surface area contributed by atoms with Crippen LogP contribution in [0.4, 0.5) is 13.2 Å². The van der Waals surface area contributed by atoms with Crippen LogP contribution < -0.4 is 9.37 Å². The quantitative estimate of drug-likeness (QED) is 0.324. The summed E-state index contributed by atoms with van der Waals surface area (Å²) >= 11 is 1.76. The molecule has 0 aliphatic heterocycles. The monoisotopic (exact) mass is 424 g/mol. The molecule has 19 heavy (non-hydrogen) atoms. The van der Waals surface area contributed by atoms with Crippen molar-refractivity contribution < 1.29 is 25.8 Å². The molecule has 0 aliphatic rings. The average Bonchev–Trinajstić information content (AvgIpc) is 2.17. The van der Waals surface area contributed by atoms with Crippen molar-refractivity contribution in [2.75, 3.05) is 0 Å². The van der Waals surface area contributed by atoms with Gasteiger partial charge in [-0.2, -0.15) is 21.6 Å². The predicted molar refractivity (Wildman–Crippen MR) is 77.7 cm³/mol. The van der Waals surface area contributed by atoms with Crippen LogP contribution in [-0.4, -0.2) is 22.0 Å². The zero-order valence-electron chi connectivity index (χ0n) is 10.4. The molecule has 0 atom stereocenters. The van der Waals surface area contributed by atoms with Crippen LogP contribution in [0.5, 0.6) is 5.75 Å². The highest BCUT2D eigenvalue weighted by atomic mass is 127. The molecule has 1 aromatic rings. The summed E-state index contributed by atoms with van der Waals surface area (Å²) in [4.78, 5) is 0. The maximum Gasteiger partial charge on any atom is 0.534 e. The van der Waals surface area contributed by atoms with E-state index in [2.05, 4.69) is 4.18 Å². The molecule has 0 spiro atoms. The lowest BCUT2D eigenvalue weighted by atomic mass is 10.3. The van der Waals surface area contributed by atoms with Crippen LogP contribution in [0.25, 0.3) is 0 Å². The van der Waals surface area contributed by atoms with E-state index in [4.69, 9.17) is 0 Å². The van der Waals surface area contributed by atoms with Gasteiger partial charge in [-0.25, -0.2) is 0 Å². The molecule has 0 amide bonds. The van der Waals surface area contributed by atoms with Crippen molar-refractivity contribution in [3.63, 3.8) is 0 Å². The van der Waals surface area contributed by atoms with Gasteiger partial charge in [-0.15, -0.1) is 0 Å². The zero-order chi connectivity index (χ0) is 15.1. The van der Waals surface area contributed by atoms with Gasteiger partial charge in [-0.1, -0.05) is 31.8 Å². The largest absolute Gasteiger partial charge is 0.534 e. The zero-order valence-corrected chi connectivity index (χ0v) is 14.4. The highest BCUT2D eigenvalue weighted by molar-refractivity contribution is 14.1. The van der Waals surface area contributed by atoms with Gasteiger partial charge in [-0.3, -0.25) is 0 Å². The molecule has 9 heteroatoms. The lowest BCUT2D eigenvalue weighted by molar-refractivity contribution is -0.0500. The van der Waals surface area contributed by atoms with Crippen molar-refractivity contribution in [1.29, 1.82) is 0 Å². The van der Waals surface area contributed by atoms with E-state index in [-0.39, 0.29) is 5.75 Å². The van der Waals surface area contributed by atoms with Crippen LogP contribution in [-0.2, 0) is 10.1 Å². The van der Waals surface area contributed by atoms with Crippen LogP contribution >= 0.6 is 22.6 Å². The van der Waals surface area contributed by atoms with Crippen LogP contribution in [0, 0.1) is 3.57 Å². The van der Waals surface area contributed by atoms with E-state index < -0.39 is 23.7 Å². The first-order chi connectivity index (χ1) is 8.36. The number of alkyl halides is 3. The number of rotatable bonds is 3. The highest BCUT2D eigenvalue weighted by Gasteiger charge is 2.49. The van der Waals surface area contributed by atoms with Gasteiger partial charge in [0.15, 0.2) is 5.75 Å². The highest BCUT2D eigenvalue weighted by Crippen LogP contribution is 2.29. The Morgan fingerprint density at radius 3 is 2.16 bits per heavy atom. The number of halogens is 4. The number of benzene rings is 1. The first kappa shape index (κ1) is 16.8. The van der Waals surface area contributed by atoms with E-state index >= 15 is 0 Å². The lowest BCUT2D eigenvalue weighted by Gasteiger charge is -2.21. The summed E-state index contributed by atoms with van der Waals surface area (Å²) < 4.78 is 64.0. The minimum Gasteiger partial charge on any atom is -0.375 e. The van der Waals surface area contributed by atoms with Gasteiger partial charge in [-0.05, 0) is 33.8 Å². The Labute approximate surface area is 124 Å². The molecular formula is C10H12F3IO3SSi. The fourth-order valence-electron chi connectivity index (χ4n) is 1.34. The number of hydrogen-bond acceptors (Lipinski definition) is 3. The molecule has 0 saturated carbocycles. The number of hydrogen-bond donors (Lipinski definition) is 0. The second kappa shape index (κ2) is 5.24. The summed E-state index contributed by atoms with van der Waals surface area (Å²) in [7, 11) is -7.67. The van der Waals surface area contributed by atoms with E-state index in [1.807, 2.05) is 19.6 Å². The SMILES string of the molecule is C[Si](C)(C)c1cccc(I)c1OS(=O)(=O)C(F)(F)F. The molecule has 0 unspecified atom stereocenters. The van der Waals surface area contributed by atoms with E-state index in [1.165, 1.54) is 6.07 Å². The Morgan fingerprint density at radius 1 is 1.21 bits per heavy atom. The van der Waals surface area contributed by atoms with Gasteiger partial charge in [0.2, 0.25) is 0 Å². The maximum atomic E-state index is 12.4. The summed E-state index contributed by atoms with van der Waals surface area (Å²) in [5.41, 5.74) is -5.43. The lowest BCUT2D eigenvalue weighted by Crippen LogP contribution is -2.40. The van der Waals surface area contributed by atoms with Crippen LogP contribution in [0.1, 0.15) is 0 Å². The Hall–Kier alpha value is -0.293. The summed E-state index contributed by atoms with van der Waals surface area (Å²) in [5.74, 6) is -0.209. The fraction of sp³-hybridized carbons (Fsp3) is 0.400. The van der Waals surface area contributed by atoms with Crippen LogP contribution in [0.15, 0.2) is 18.2 Å². The van der Waals surface area contributed by atoms with Gasteiger partial charge >= 0.3 is 15.6 Å². The smallest absolute Gasteiger partial charge is 0.375 e. The van der Waals surface area contributed by atoms with Gasteiger partial charge in [0.05, 0.1) is 11.6 Å². The Bertz CT molecular complexity index is 579. The summed E-state index contributed by atoms with van der Waals surface area (Å²) in [6, 6.07) is 4.78. The average molecular weight is 424 g/mol.